The van der Waals surface area contributed by atoms with Gasteiger partial charge in [-0.15, -0.1) is 0 Å². The van der Waals surface area contributed by atoms with Crippen LogP contribution in [0.1, 0.15) is 18.1 Å². The minimum Gasteiger partial charge on any atom is -0.481 e. The molecular weight excluding hydrogens is 254 g/mol. The summed E-state index contributed by atoms with van der Waals surface area (Å²) in [5, 5.41) is 0. The van der Waals surface area contributed by atoms with Crippen molar-refractivity contribution < 1.29 is 17.9 Å². The topological polar surface area (TPSA) is 72.5 Å². The third-order valence-corrected chi connectivity index (χ3v) is 3.09. The fourth-order valence-corrected chi connectivity index (χ4v) is 1.89. The largest absolute Gasteiger partial charge is 0.481 e. The Morgan fingerprint density at radius 1 is 1.33 bits per heavy atom. The van der Waals surface area contributed by atoms with Crippen LogP contribution in [0, 0.1) is 13.8 Å². The summed E-state index contributed by atoms with van der Waals surface area (Å²) in [6, 6.07) is 5.49. The van der Waals surface area contributed by atoms with E-state index in [1.807, 2.05) is 30.7 Å². The van der Waals surface area contributed by atoms with Crippen LogP contribution >= 0.6 is 0 Å². The molecule has 0 heterocycles. The van der Waals surface area contributed by atoms with Crippen molar-refractivity contribution in [2.24, 2.45) is 0 Å². The molecule has 1 N–H and O–H groups in total. The van der Waals surface area contributed by atoms with E-state index in [0.29, 0.717) is 5.75 Å². The number of carbonyl (C=O) groups is 1. The second-order valence-electron chi connectivity index (χ2n) is 4.20. The monoisotopic (exact) mass is 271 g/mol. The number of amides is 1. The van der Waals surface area contributed by atoms with Crippen molar-refractivity contribution in [2.45, 2.75) is 26.9 Å². The van der Waals surface area contributed by atoms with Gasteiger partial charge in [0.05, 0.1) is 6.26 Å². The summed E-state index contributed by atoms with van der Waals surface area (Å²) in [5.74, 6) is -0.107. The Balaban J connectivity index is 2.79. The number of hydrogen-bond donors (Lipinski definition) is 1. The molecule has 0 radical (unpaired) electrons. The zero-order valence-electron chi connectivity index (χ0n) is 10.9. The van der Waals surface area contributed by atoms with Crippen LogP contribution < -0.4 is 9.46 Å². The summed E-state index contributed by atoms with van der Waals surface area (Å²) >= 11 is 0. The molecule has 1 unspecified atom stereocenters. The maximum Gasteiger partial charge on any atom is 0.274 e. The van der Waals surface area contributed by atoms with Crippen molar-refractivity contribution >= 4 is 15.9 Å². The normalized spacial score (nSPS) is 12.9. The Labute approximate surface area is 107 Å². The molecule has 1 amide bonds. The van der Waals surface area contributed by atoms with Gasteiger partial charge in [0.15, 0.2) is 6.10 Å². The average molecular weight is 271 g/mol. The molecule has 0 aliphatic heterocycles. The molecule has 0 bridgehead atoms. The quantitative estimate of drug-likeness (QED) is 0.891. The van der Waals surface area contributed by atoms with E-state index in [9.17, 15) is 13.2 Å². The summed E-state index contributed by atoms with van der Waals surface area (Å²) in [6.45, 7) is 5.32. The number of carbonyl (C=O) groups excluding carboxylic acids is 1. The Hall–Kier alpha value is -1.56. The Morgan fingerprint density at radius 3 is 2.50 bits per heavy atom. The van der Waals surface area contributed by atoms with E-state index >= 15 is 0 Å². The molecule has 1 atom stereocenters. The second-order valence-corrected chi connectivity index (χ2v) is 5.95. The molecule has 0 aliphatic rings. The van der Waals surface area contributed by atoms with E-state index in [-0.39, 0.29) is 0 Å². The minimum atomic E-state index is -3.56. The highest BCUT2D eigenvalue weighted by atomic mass is 32.2. The van der Waals surface area contributed by atoms with Crippen molar-refractivity contribution in [3.05, 3.63) is 29.3 Å². The fourth-order valence-electron chi connectivity index (χ4n) is 1.36. The van der Waals surface area contributed by atoms with Crippen LogP contribution in [0.25, 0.3) is 0 Å². The van der Waals surface area contributed by atoms with Gasteiger partial charge >= 0.3 is 0 Å². The molecule has 1 aromatic carbocycles. The number of hydrogen-bond acceptors (Lipinski definition) is 4. The van der Waals surface area contributed by atoms with E-state index in [1.54, 1.807) is 6.07 Å². The van der Waals surface area contributed by atoms with Gasteiger partial charge in [0.25, 0.3) is 5.91 Å². The molecule has 0 aliphatic carbocycles. The molecule has 1 aromatic rings. The van der Waals surface area contributed by atoms with Gasteiger partial charge in [0.2, 0.25) is 10.0 Å². The second kappa shape index (κ2) is 5.39. The molecule has 6 heteroatoms. The van der Waals surface area contributed by atoms with Crippen molar-refractivity contribution in [1.29, 1.82) is 0 Å². The molecule has 0 aromatic heterocycles. The summed E-state index contributed by atoms with van der Waals surface area (Å²) < 4.78 is 29.2. The predicted octanol–water partition coefficient (Wildman–Crippen LogP) is 1.15. The van der Waals surface area contributed by atoms with Gasteiger partial charge in [-0.05, 0) is 38.0 Å². The van der Waals surface area contributed by atoms with E-state index in [0.717, 1.165) is 17.4 Å². The van der Waals surface area contributed by atoms with Crippen LogP contribution in [0.15, 0.2) is 18.2 Å². The lowest BCUT2D eigenvalue weighted by atomic mass is 10.1. The van der Waals surface area contributed by atoms with Crippen LogP contribution in [0.4, 0.5) is 0 Å². The molecular formula is C12H17NO4S. The highest BCUT2D eigenvalue weighted by molar-refractivity contribution is 7.89. The first kappa shape index (κ1) is 14.5. The highest BCUT2D eigenvalue weighted by Crippen LogP contribution is 2.21. The van der Waals surface area contributed by atoms with Crippen molar-refractivity contribution in [3.8, 4) is 5.75 Å². The van der Waals surface area contributed by atoms with Gasteiger partial charge in [-0.2, -0.15) is 0 Å². The van der Waals surface area contributed by atoms with Gasteiger partial charge < -0.3 is 4.74 Å². The van der Waals surface area contributed by atoms with Gasteiger partial charge in [-0.1, -0.05) is 12.1 Å². The fraction of sp³-hybridized carbons (Fsp3) is 0.417. The molecule has 5 nitrogen and oxygen atoms in total. The third kappa shape index (κ3) is 4.03. The van der Waals surface area contributed by atoms with Crippen LogP contribution in [0.2, 0.25) is 0 Å². The maximum atomic E-state index is 11.5. The first-order chi connectivity index (χ1) is 8.20. The Kier molecular flexibility index (Phi) is 4.34. The Morgan fingerprint density at radius 2 is 1.94 bits per heavy atom. The number of benzene rings is 1. The lowest BCUT2D eigenvalue weighted by Gasteiger charge is -2.16. The summed E-state index contributed by atoms with van der Waals surface area (Å²) in [5.41, 5.74) is 1.97. The third-order valence-electron chi connectivity index (χ3n) is 2.51. The van der Waals surface area contributed by atoms with Gasteiger partial charge in [-0.25, -0.2) is 8.42 Å². The van der Waals surface area contributed by atoms with Crippen LogP contribution in [-0.2, 0) is 14.8 Å². The van der Waals surface area contributed by atoms with Crippen molar-refractivity contribution in [3.63, 3.8) is 0 Å². The van der Waals surface area contributed by atoms with Crippen molar-refractivity contribution in [2.75, 3.05) is 6.26 Å². The SMILES string of the molecule is Cc1cccc(OC(C)C(=O)NS(C)(=O)=O)c1C. The van der Waals surface area contributed by atoms with E-state index < -0.39 is 22.0 Å². The van der Waals surface area contributed by atoms with Crippen LogP contribution in [0.5, 0.6) is 5.75 Å². The van der Waals surface area contributed by atoms with E-state index in [4.69, 9.17) is 4.74 Å². The standard InChI is InChI=1S/C12H17NO4S/c1-8-6-5-7-11(9(8)2)17-10(3)12(14)13-18(4,15)16/h5-7,10H,1-4H3,(H,13,14). The number of ether oxygens (including phenoxy) is 1. The molecule has 0 fully saturated rings. The average Bonchev–Trinajstić information content (AvgIpc) is 2.22. The first-order valence-corrected chi connectivity index (χ1v) is 7.34. The zero-order valence-corrected chi connectivity index (χ0v) is 11.7. The molecule has 0 spiro atoms. The van der Waals surface area contributed by atoms with E-state index in [2.05, 4.69) is 0 Å². The summed E-state index contributed by atoms with van der Waals surface area (Å²) in [7, 11) is -3.56. The van der Waals surface area contributed by atoms with Gasteiger partial charge in [-0.3, -0.25) is 9.52 Å². The first-order valence-electron chi connectivity index (χ1n) is 5.45. The molecule has 18 heavy (non-hydrogen) atoms. The number of nitrogens with one attached hydrogen (secondary N) is 1. The molecule has 0 saturated carbocycles. The molecule has 1 rings (SSSR count). The number of aryl methyl sites for hydroxylation is 1. The summed E-state index contributed by atoms with van der Waals surface area (Å²) in [4.78, 5) is 11.5. The van der Waals surface area contributed by atoms with Crippen molar-refractivity contribution in [1.82, 2.24) is 4.72 Å². The van der Waals surface area contributed by atoms with Gasteiger partial charge in [0.1, 0.15) is 5.75 Å². The summed E-state index contributed by atoms with van der Waals surface area (Å²) in [6.07, 6.45) is 0.0513. The molecule has 100 valence electrons. The molecule has 0 saturated heterocycles. The van der Waals surface area contributed by atoms with Crippen LogP contribution in [-0.4, -0.2) is 26.7 Å². The number of sulfonamides is 1. The lowest BCUT2D eigenvalue weighted by Crippen LogP contribution is -2.39. The Bertz CT molecular complexity index is 551. The lowest BCUT2D eigenvalue weighted by molar-refractivity contribution is -0.125. The zero-order chi connectivity index (χ0) is 13.9. The van der Waals surface area contributed by atoms with E-state index in [1.165, 1.54) is 6.92 Å². The minimum absolute atomic E-state index is 0.575. The highest BCUT2D eigenvalue weighted by Gasteiger charge is 2.19. The smallest absolute Gasteiger partial charge is 0.274 e. The van der Waals surface area contributed by atoms with Crippen LogP contribution in [0.3, 0.4) is 0 Å². The van der Waals surface area contributed by atoms with Gasteiger partial charge in [0, 0.05) is 0 Å². The maximum absolute atomic E-state index is 11.5. The predicted molar refractivity (Wildman–Crippen MR) is 69.0 cm³/mol. The number of rotatable bonds is 4.